The van der Waals surface area contributed by atoms with E-state index in [9.17, 15) is 4.79 Å². The number of amides is 1. The Morgan fingerprint density at radius 1 is 1.38 bits per heavy atom. The van der Waals surface area contributed by atoms with Gasteiger partial charge in [0.1, 0.15) is 0 Å². The molecular weight excluding hydrogens is 284 g/mol. The van der Waals surface area contributed by atoms with Gasteiger partial charge < -0.3 is 5.32 Å². The van der Waals surface area contributed by atoms with Gasteiger partial charge >= 0.3 is 0 Å². The Balaban J connectivity index is 1.84. The van der Waals surface area contributed by atoms with Crippen molar-refractivity contribution in [2.24, 2.45) is 0 Å². The summed E-state index contributed by atoms with van der Waals surface area (Å²) in [4.78, 5) is 16.2. The summed E-state index contributed by atoms with van der Waals surface area (Å²) in [5.74, 6) is 1.07. The van der Waals surface area contributed by atoms with Gasteiger partial charge in [-0.1, -0.05) is 55.4 Å². The molecule has 21 heavy (non-hydrogen) atoms. The Hall–Kier alpha value is -1.82. The third-order valence-corrected chi connectivity index (χ3v) is 3.82. The summed E-state index contributed by atoms with van der Waals surface area (Å²) in [6.45, 7) is 4.13. The molecule has 0 unspecified atom stereocenters. The molecule has 112 valence electrons. The van der Waals surface area contributed by atoms with Crippen molar-refractivity contribution in [1.29, 1.82) is 0 Å². The lowest BCUT2D eigenvalue weighted by molar-refractivity contribution is -0.119. The van der Waals surface area contributed by atoms with Crippen molar-refractivity contribution in [2.75, 3.05) is 5.75 Å². The van der Waals surface area contributed by atoms with E-state index in [4.69, 9.17) is 0 Å². The van der Waals surface area contributed by atoms with Gasteiger partial charge in [-0.3, -0.25) is 9.89 Å². The molecule has 2 aromatic rings. The Morgan fingerprint density at radius 2 is 2.14 bits per heavy atom. The van der Waals surface area contributed by atoms with Crippen molar-refractivity contribution in [1.82, 2.24) is 20.5 Å². The molecule has 0 saturated heterocycles. The minimum atomic E-state index is 0.0204. The number of hydrogen-bond acceptors (Lipinski definition) is 4. The second-order valence-corrected chi connectivity index (χ2v) is 5.82. The molecule has 0 saturated carbocycles. The molecule has 2 rings (SSSR count). The smallest absolute Gasteiger partial charge is 0.230 e. The number of thioether (sulfide) groups is 1. The summed E-state index contributed by atoms with van der Waals surface area (Å²) in [5, 5.41) is 10.6. The number of aromatic nitrogens is 3. The molecule has 0 radical (unpaired) electrons. The van der Waals surface area contributed by atoms with Crippen molar-refractivity contribution in [3.8, 4) is 11.4 Å². The van der Waals surface area contributed by atoms with E-state index in [-0.39, 0.29) is 11.9 Å². The van der Waals surface area contributed by atoms with Crippen molar-refractivity contribution in [2.45, 2.75) is 37.9 Å². The first kappa shape index (κ1) is 15.6. The topological polar surface area (TPSA) is 70.7 Å². The predicted molar refractivity (Wildman–Crippen MR) is 85.1 cm³/mol. The largest absolute Gasteiger partial charge is 0.353 e. The third kappa shape index (κ3) is 4.90. The van der Waals surface area contributed by atoms with E-state index in [1.807, 2.05) is 37.3 Å². The molecular formula is C15H20N4OS. The van der Waals surface area contributed by atoms with Gasteiger partial charge in [-0.25, -0.2) is 4.98 Å². The molecule has 1 heterocycles. The highest BCUT2D eigenvalue weighted by Gasteiger charge is 2.10. The van der Waals surface area contributed by atoms with Crippen LogP contribution in [0.3, 0.4) is 0 Å². The average molecular weight is 304 g/mol. The molecule has 0 aliphatic carbocycles. The minimum absolute atomic E-state index is 0.0204. The molecule has 1 atom stereocenters. The van der Waals surface area contributed by atoms with Gasteiger partial charge in [-0.15, -0.1) is 5.10 Å². The minimum Gasteiger partial charge on any atom is -0.353 e. The van der Waals surface area contributed by atoms with Crippen LogP contribution in [-0.4, -0.2) is 32.9 Å². The van der Waals surface area contributed by atoms with E-state index in [1.165, 1.54) is 11.8 Å². The van der Waals surface area contributed by atoms with Gasteiger partial charge in [-0.2, -0.15) is 0 Å². The maximum atomic E-state index is 11.8. The number of carbonyl (C=O) groups is 1. The summed E-state index contributed by atoms with van der Waals surface area (Å²) in [6.07, 6.45) is 2.06. The number of hydrogen-bond donors (Lipinski definition) is 2. The standard InChI is InChI=1S/C15H20N4OS/c1-3-7-11(2)16-13(20)10-21-15-17-14(18-19-15)12-8-5-4-6-9-12/h4-6,8-9,11H,3,7,10H2,1-2H3,(H,16,20)(H,17,18,19)/t11-/m0/s1. The first-order valence-electron chi connectivity index (χ1n) is 7.09. The molecule has 1 aromatic heterocycles. The van der Waals surface area contributed by atoms with E-state index in [2.05, 4.69) is 27.4 Å². The molecule has 0 fully saturated rings. The second-order valence-electron chi connectivity index (χ2n) is 4.88. The molecule has 1 aromatic carbocycles. The van der Waals surface area contributed by atoms with Crippen molar-refractivity contribution >= 4 is 17.7 Å². The molecule has 6 heteroatoms. The molecule has 0 spiro atoms. The van der Waals surface area contributed by atoms with E-state index < -0.39 is 0 Å². The van der Waals surface area contributed by atoms with Gasteiger partial charge in [0, 0.05) is 11.6 Å². The monoisotopic (exact) mass is 304 g/mol. The van der Waals surface area contributed by atoms with Crippen LogP contribution >= 0.6 is 11.8 Å². The number of carbonyl (C=O) groups excluding carboxylic acids is 1. The van der Waals surface area contributed by atoms with Gasteiger partial charge in [0.25, 0.3) is 0 Å². The number of aromatic amines is 1. The SMILES string of the molecule is CCC[C@H](C)NC(=O)CSc1n[nH]c(-c2ccccc2)n1. The van der Waals surface area contributed by atoms with Crippen LogP contribution in [0.25, 0.3) is 11.4 Å². The van der Waals surface area contributed by atoms with Crippen LogP contribution in [0.2, 0.25) is 0 Å². The fraction of sp³-hybridized carbons (Fsp3) is 0.400. The number of benzene rings is 1. The molecule has 5 nitrogen and oxygen atoms in total. The lowest BCUT2D eigenvalue weighted by Gasteiger charge is -2.11. The summed E-state index contributed by atoms with van der Waals surface area (Å²) >= 11 is 1.34. The van der Waals surface area contributed by atoms with Crippen LogP contribution in [-0.2, 0) is 4.79 Å². The summed E-state index contributed by atoms with van der Waals surface area (Å²) in [6, 6.07) is 10.0. The fourth-order valence-corrected chi connectivity index (χ4v) is 2.60. The number of nitrogens with one attached hydrogen (secondary N) is 2. The number of H-pyrrole nitrogens is 1. The molecule has 2 N–H and O–H groups in total. The van der Waals surface area contributed by atoms with Gasteiger partial charge in [0.15, 0.2) is 5.82 Å². The highest BCUT2D eigenvalue weighted by atomic mass is 32.2. The maximum Gasteiger partial charge on any atom is 0.230 e. The van der Waals surface area contributed by atoms with Crippen LogP contribution < -0.4 is 5.32 Å². The second kappa shape index (κ2) is 7.83. The van der Waals surface area contributed by atoms with Crippen molar-refractivity contribution in [3.63, 3.8) is 0 Å². The summed E-state index contributed by atoms with van der Waals surface area (Å²) in [5.41, 5.74) is 0.984. The van der Waals surface area contributed by atoms with Crippen LogP contribution in [0.15, 0.2) is 35.5 Å². The first-order valence-corrected chi connectivity index (χ1v) is 8.07. The number of rotatable bonds is 7. The molecule has 0 bridgehead atoms. The van der Waals surface area contributed by atoms with E-state index in [1.54, 1.807) is 0 Å². The van der Waals surface area contributed by atoms with Gasteiger partial charge in [-0.05, 0) is 13.3 Å². The van der Waals surface area contributed by atoms with Crippen LogP contribution in [0.4, 0.5) is 0 Å². The Morgan fingerprint density at radius 3 is 2.86 bits per heavy atom. The van der Waals surface area contributed by atoms with Gasteiger partial charge in [0.05, 0.1) is 5.75 Å². The highest BCUT2D eigenvalue weighted by Crippen LogP contribution is 2.18. The zero-order chi connectivity index (χ0) is 15.1. The quantitative estimate of drug-likeness (QED) is 0.772. The maximum absolute atomic E-state index is 11.8. The van der Waals surface area contributed by atoms with Gasteiger partial charge in [0.2, 0.25) is 11.1 Å². The fourth-order valence-electron chi connectivity index (χ4n) is 1.99. The van der Waals surface area contributed by atoms with Crippen LogP contribution in [0, 0.1) is 0 Å². The number of nitrogens with zero attached hydrogens (tertiary/aromatic N) is 2. The van der Waals surface area contributed by atoms with Crippen molar-refractivity contribution in [3.05, 3.63) is 30.3 Å². The lowest BCUT2D eigenvalue weighted by Crippen LogP contribution is -2.33. The van der Waals surface area contributed by atoms with Crippen LogP contribution in [0.1, 0.15) is 26.7 Å². The van der Waals surface area contributed by atoms with E-state index in [0.717, 1.165) is 24.2 Å². The molecule has 0 aliphatic heterocycles. The average Bonchev–Trinajstić information content (AvgIpc) is 2.95. The van der Waals surface area contributed by atoms with E-state index >= 15 is 0 Å². The highest BCUT2D eigenvalue weighted by molar-refractivity contribution is 7.99. The lowest BCUT2D eigenvalue weighted by atomic mass is 10.2. The Labute approximate surface area is 128 Å². The molecule has 1 amide bonds. The normalized spacial score (nSPS) is 12.1. The Kier molecular flexibility index (Phi) is 5.80. The summed E-state index contributed by atoms with van der Waals surface area (Å²) < 4.78 is 0. The summed E-state index contributed by atoms with van der Waals surface area (Å²) in [7, 11) is 0. The van der Waals surface area contributed by atoms with Crippen molar-refractivity contribution < 1.29 is 4.79 Å². The van der Waals surface area contributed by atoms with Crippen LogP contribution in [0.5, 0.6) is 0 Å². The third-order valence-electron chi connectivity index (χ3n) is 2.97. The predicted octanol–water partition coefficient (Wildman–Crippen LogP) is 2.87. The zero-order valence-electron chi connectivity index (χ0n) is 12.3. The molecule has 0 aliphatic rings. The first-order chi connectivity index (χ1) is 10.2. The Bertz CT molecular complexity index is 570. The zero-order valence-corrected chi connectivity index (χ0v) is 13.1. The van der Waals surface area contributed by atoms with E-state index in [0.29, 0.717) is 10.9 Å².